The fraction of sp³-hybridized carbons (Fsp3) is 0.0500. The number of aromatic nitrogens is 5. The summed E-state index contributed by atoms with van der Waals surface area (Å²) >= 11 is 0. The normalized spacial score (nSPS) is 11.2. The third kappa shape index (κ3) is 2.48. The smallest absolute Gasteiger partial charge is 0.177 e. The van der Waals surface area contributed by atoms with Crippen molar-refractivity contribution in [3.05, 3.63) is 78.9 Å². The van der Waals surface area contributed by atoms with Crippen LogP contribution in [0.4, 0.5) is 0 Å². The lowest BCUT2D eigenvalue weighted by atomic mass is 10.1. The maximum absolute atomic E-state index is 5.57. The SMILES string of the molecule is c1cncc(Cn2ncc3[nH]c(-c4ccccc4-c4ccco4)nc32)c1. The van der Waals surface area contributed by atoms with Gasteiger partial charge in [-0.25, -0.2) is 9.67 Å². The Labute approximate surface area is 149 Å². The van der Waals surface area contributed by atoms with Crippen LogP contribution in [0.1, 0.15) is 5.56 Å². The molecule has 0 saturated heterocycles. The first-order valence-corrected chi connectivity index (χ1v) is 8.32. The highest BCUT2D eigenvalue weighted by Gasteiger charge is 2.15. The van der Waals surface area contributed by atoms with Crippen LogP contribution in [0.5, 0.6) is 0 Å². The van der Waals surface area contributed by atoms with E-state index >= 15 is 0 Å². The van der Waals surface area contributed by atoms with Crippen LogP contribution in [-0.2, 0) is 6.54 Å². The molecule has 0 fully saturated rings. The molecule has 0 aliphatic rings. The first kappa shape index (κ1) is 14.7. The Hall–Kier alpha value is -3.67. The maximum Gasteiger partial charge on any atom is 0.177 e. The number of nitrogens with zero attached hydrogens (tertiary/aromatic N) is 4. The van der Waals surface area contributed by atoms with Gasteiger partial charge in [-0.05, 0) is 23.8 Å². The van der Waals surface area contributed by atoms with Gasteiger partial charge in [0, 0.05) is 23.5 Å². The molecule has 0 atom stereocenters. The zero-order chi connectivity index (χ0) is 17.3. The van der Waals surface area contributed by atoms with Gasteiger partial charge in [-0.2, -0.15) is 5.10 Å². The quantitative estimate of drug-likeness (QED) is 0.533. The van der Waals surface area contributed by atoms with E-state index in [0.29, 0.717) is 6.54 Å². The number of furan rings is 1. The number of nitrogens with one attached hydrogen (secondary N) is 1. The minimum atomic E-state index is 0.626. The predicted molar refractivity (Wildman–Crippen MR) is 98.4 cm³/mol. The molecule has 4 aromatic heterocycles. The molecule has 0 bridgehead atoms. The number of hydrogen-bond donors (Lipinski definition) is 1. The summed E-state index contributed by atoms with van der Waals surface area (Å²) in [6.07, 6.45) is 7.09. The van der Waals surface area contributed by atoms with E-state index in [9.17, 15) is 0 Å². The minimum Gasteiger partial charge on any atom is -0.464 e. The van der Waals surface area contributed by atoms with Crippen LogP contribution in [0.15, 0.2) is 77.8 Å². The highest BCUT2D eigenvalue weighted by Crippen LogP contribution is 2.31. The number of H-pyrrole nitrogens is 1. The number of imidazole rings is 1. The maximum atomic E-state index is 5.57. The van der Waals surface area contributed by atoms with Crippen LogP contribution in [0.25, 0.3) is 33.9 Å². The molecule has 0 radical (unpaired) electrons. The summed E-state index contributed by atoms with van der Waals surface area (Å²) in [5.74, 6) is 1.61. The molecule has 5 rings (SSSR count). The Balaban J connectivity index is 1.58. The number of rotatable bonds is 4. The third-order valence-electron chi connectivity index (χ3n) is 4.31. The number of aromatic amines is 1. The Morgan fingerprint density at radius 2 is 1.88 bits per heavy atom. The summed E-state index contributed by atoms with van der Waals surface area (Å²) in [6.45, 7) is 0.626. The molecule has 0 amide bonds. The van der Waals surface area contributed by atoms with Crippen molar-refractivity contribution in [2.45, 2.75) is 6.54 Å². The number of fused-ring (bicyclic) bond motifs is 1. The van der Waals surface area contributed by atoms with Crippen molar-refractivity contribution in [3.63, 3.8) is 0 Å². The average molecular weight is 341 g/mol. The highest BCUT2D eigenvalue weighted by atomic mass is 16.3. The van der Waals surface area contributed by atoms with Crippen molar-refractivity contribution >= 4 is 11.2 Å². The minimum absolute atomic E-state index is 0.626. The van der Waals surface area contributed by atoms with E-state index < -0.39 is 0 Å². The first-order chi connectivity index (χ1) is 12.9. The van der Waals surface area contributed by atoms with Crippen molar-refractivity contribution in [3.8, 4) is 22.7 Å². The van der Waals surface area contributed by atoms with E-state index in [-0.39, 0.29) is 0 Å². The molecule has 4 heterocycles. The predicted octanol–water partition coefficient (Wildman–Crippen LogP) is 4.13. The van der Waals surface area contributed by atoms with Crippen LogP contribution in [-0.4, -0.2) is 24.7 Å². The number of pyridine rings is 1. The average Bonchev–Trinajstić information content (AvgIpc) is 3.41. The van der Waals surface area contributed by atoms with Crippen molar-refractivity contribution in [2.24, 2.45) is 0 Å². The molecule has 126 valence electrons. The Morgan fingerprint density at radius 1 is 0.962 bits per heavy atom. The summed E-state index contributed by atoms with van der Waals surface area (Å²) < 4.78 is 7.45. The molecular weight excluding hydrogens is 326 g/mol. The summed E-state index contributed by atoms with van der Waals surface area (Å²) in [5.41, 5.74) is 4.79. The molecule has 1 aromatic carbocycles. The highest BCUT2D eigenvalue weighted by molar-refractivity contribution is 5.83. The second-order valence-corrected chi connectivity index (χ2v) is 6.01. The summed E-state index contributed by atoms with van der Waals surface area (Å²) in [6, 6.07) is 15.8. The molecule has 6 nitrogen and oxygen atoms in total. The fourth-order valence-electron chi connectivity index (χ4n) is 3.09. The van der Waals surface area contributed by atoms with Gasteiger partial charge in [0.25, 0.3) is 0 Å². The fourth-order valence-corrected chi connectivity index (χ4v) is 3.09. The lowest BCUT2D eigenvalue weighted by Gasteiger charge is -2.04. The van der Waals surface area contributed by atoms with E-state index in [4.69, 9.17) is 9.40 Å². The van der Waals surface area contributed by atoms with Gasteiger partial charge < -0.3 is 9.40 Å². The monoisotopic (exact) mass is 341 g/mol. The van der Waals surface area contributed by atoms with Crippen LogP contribution in [0, 0.1) is 0 Å². The first-order valence-electron chi connectivity index (χ1n) is 8.32. The van der Waals surface area contributed by atoms with E-state index in [1.54, 1.807) is 18.7 Å². The van der Waals surface area contributed by atoms with Gasteiger partial charge in [-0.15, -0.1) is 0 Å². The van der Waals surface area contributed by atoms with E-state index in [2.05, 4.69) is 15.1 Å². The van der Waals surface area contributed by atoms with Gasteiger partial charge in [0.2, 0.25) is 0 Å². The Kier molecular flexibility index (Phi) is 3.38. The van der Waals surface area contributed by atoms with Crippen molar-refractivity contribution in [2.75, 3.05) is 0 Å². The van der Waals surface area contributed by atoms with Crippen LogP contribution in [0.3, 0.4) is 0 Å². The van der Waals surface area contributed by atoms with Crippen LogP contribution < -0.4 is 0 Å². The molecule has 26 heavy (non-hydrogen) atoms. The van der Waals surface area contributed by atoms with E-state index in [0.717, 1.165) is 39.4 Å². The topological polar surface area (TPSA) is 72.5 Å². The van der Waals surface area contributed by atoms with Crippen molar-refractivity contribution < 1.29 is 4.42 Å². The van der Waals surface area contributed by atoms with Gasteiger partial charge in [0.15, 0.2) is 5.65 Å². The molecular formula is C20H15N5O. The zero-order valence-corrected chi connectivity index (χ0v) is 13.8. The van der Waals surface area contributed by atoms with Gasteiger partial charge in [-0.1, -0.05) is 30.3 Å². The molecule has 6 heteroatoms. The van der Waals surface area contributed by atoms with Crippen LogP contribution in [0.2, 0.25) is 0 Å². The van der Waals surface area contributed by atoms with E-state index in [1.165, 1.54) is 0 Å². The van der Waals surface area contributed by atoms with Gasteiger partial charge in [0.1, 0.15) is 17.1 Å². The van der Waals surface area contributed by atoms with Gasteiger partial charge in [0.05, 0.1) is 19.0 Å². The third-order valence-corrected chi connectivity index (χ3v) is 4.31. The van der Waals surface area contributed by atoms with Gasteiger partial charge in [-0.3, -0.25) is 4.98 Å². The molecule has 0 spiro atoms. The molecule has 0 aliphatic heterocycles. The summed E-state index contributed by atoms with van der Waals surface area (Å²) in [4.78, 5) is 12.3. The van der Waals surface area contributed by atoms with Crippen molar-refractivity contribution in [1.82, 2.24) is 24.7 Å². The molecule has 1 N–H and O–H groups in total. The molecule has 5 aromatic rings. The standard InChI is InChI=1S/C20H15N5O/c1-2-7-16(15(6-1)18-8-4-10-26-18)19-23-17-12-22-25(20(17)24-19)13-14-5-3-9-21-11-14/h1-12H,13H2,(H,23,24). The molecule has 0 aliphatic carbocycles. The van der Waals surface area contributed by atoms with E-state index in [1.807, 2.05) is 59.4 Å². The summed E-state index contributed by atoms with van der Waals surface area (Å²) in [7, 11) is 0. The van der Waals surface area contributed by atoms with Crippen molar-refractivity contribution in [1.29, 1.82) is 0 Å². The summed E-state index contributed by atoms with van der Waals surface area (Å²) in [5, 5.41) is 4.43. The second-order valence-electron chi connectivity index (χ2n) is 6.01. The number of benzene rings is 1. The number of hydrogen-bond acceptors (Lipinski definition) is 4. The largest absolute Gasteiger partial charge is 0.464 e. The Bertz CT molecular complexity index is 1160. The zero-order valence-electron chi connectivity index (χ0n) is 13.8. The second kappa shape index (κ2) is 6.00. The van der Waals surface area contributed by atoms with Crippen LogP contribution >= 0.6 is 0 Å². The molecule has 0 unspecified atom stereocenters. The lowest BCUT2D eigenvalue weighted by Crippen LogP contribution is -2.02. The lowest BCUT2D eigenvalue weighted by molar-refractivity contribution is 0.582. The van der Waals surface area contributed by atoms with Gasteiger partial charge >= 0.3 is 0 Å². The molecule has 0 saturated carbocycles. The Morgan fingerprint density at radius 3 is 2.69 bits per heavy atom.